The van der Waals surface area contributed by atoms with Crippen molar-refractivity contribution in [2.45, 2.75) is 6.92 Å². The van der Waals surface area contributed by atoms with Crippen molar-refractivity contribution >= 4 is 11.8 Å². The van der Waals surface area contributed by atoms with E-state index >= 15 is 0 Å². The molecule has 0 aliphatic carbocycles. The molecule has 2 heterocycles. The Morgan fingerprint density at radius 1 is 1.58 bits per heavy atom. The number of ether oxygens (including phenoxy) is 1. The molecule has 1 aliphatic rings. The maximum atomic E-state index is 11.9. The van der Waals surface area contributed by atoms with E-state index in [0.717, 1.165) is 0 Å². The van der Waals surface area contributed by atoms with E-state index in [9.17, 15) is 9.59 Å². The number of likely N-dealkylation sites (tertiary alicyclic amines) is 1. The van der Waals surface area contributed by atoms with E-state index in [0.29, 0.717) is 32.0 Å². The van der Waals surface area contributed by atoms with Crippen molar-refractivity contribution in [1.29, 1.82) is 0 Å². The van der Waals surface area contributed by atoms with Gasteiger partial charge in [0.2, 0.25) is 5.91 Å². The van der Waals surface area contributed by atoms with Gasteiger partial charge in [-0.05, 0) is 6.92 Å². The summed E-state index contributed by atoms with van der Waals surface area (Å²) in [6.07, 6.45) is 0. The largest absolute Gasteiger partial charge is 0.383 e. The molecule has 1 aliphatic heterocycles. The second kappa shape index (κ2) is 5.83. The fourth-order valence-electron chi connectivity index (χ4n) is 1.86. The van der Waals surface area contributed by atoms with Crippen LogP contribution < -0.4 is 5.32 Å². The van der Waals surface area contributed by atoms with Crippen molar-refractivity contribution in [2.24, 2.45) is 5.92 Å². The van der Waals surface area contributed by atoms with Crippen LogP contribution in [0.15, 0.2) is 10.6 Å². The van der Waals surface area contributed by atoms with Gasteiger partial charge < -0.3 is 19.5 Å². The highest BCUT2D eigenvalue weighted by atomic mass is 16.5. The smallest absolute Gasteiger partial charge is 0.276 e. The Balaban J connectivity index is 1.76. The number of aromatic nitrogens is 1. The average Bonchev–Trinajstić information content (AvgIpc) is 2.74. The number of aryl methyl sites for hydroxylation is 1. The van der Waals surface area contributed by atoms with Crippen LogP contribution in [0.4, 0.5) is 0 Å². The minimum Gasteiger partial charge on any atom is -0.383 e. The van der Waals surface area contributed by atoms with E-state index < -0.39 is 0 Å². The molecule has 1 aromatic heterocycles. The summed E-state index contributed by atoms with van der Waals surface area (Å²) < 4.78 is 9.70. The molecule has 0 spiro atoms. The SMILES string of the molecule is COCCNC(=O)C1CN(C(=O)c2cc(C)on2)C1. The third-order valence-electron chi connectivity index (χ3n) is 2.99. The number of carbonyl (C=O) groups is 2. The monoisotopic (exact) mass is 267 g/mol. The number of amides is 2. The molecule has 7 heteroatoms. The standard InChI is InChI=1S/C12H17N3O4/c1-8-5-10(14-19-8)12(17)15-6-9(7-15)11(16)13-3-4-18-2/h5,9H,3-4,6-7H2,1-2H3,(H,13,16). The molecular weight excluding hydrogens is 250 g/mol. The quantitative estimate of drug-likeness (QED) is 0.748. The zero-order valence-corrected chi connectivity index (χ0v) is 11.0. The average molecular weight is 267 g/mol. The normalized spacial score (nSPS) is 15.2. The van der Waals surface area contributed by atoms with Crippen molar-refractivity contribution in [3.05, 3.63) is 17.5 Å². The van der Waals surface area contributed by atoms with Gasteiger partial charge in [0.25, 0.3) is 5.91 Å². The maximum absolute atomic E-state index is 11.9. The van der Waals surface area contributed by atoms with Gasteiger partial charge in [0.05, 0.1) is 12.5 Å². The molecule has 1 aromatic rings. The molecular formula is C12H17N3O4. The Morgan fingerprint density at radius 3 is 2.89 bits per heavy atom. The second-order valence-corrected chi connectivity index (χ2v) is 4.51. The Hall–Kier alpha value is -1.89. The molecule has 1 N–H and O–H groups in total. The molecule has 2 rings (SSSR count). The molecule has 1 saturated heterocycles. The Morgan fingerprint density at radius 2 is 2.32 bits per heavy atom. The fraction of sp³-hybridized carbons (Fsp3) is 0.583. The minimum atomic E-state index is -0.196. The molecule has 0 unspecified atom stereocenters. The van der Waals surface area contributed by atoms with Crippen molar-refractivity contribution < 1.29 is 18.8 Å². The third-order valence-corrected chi connectivity index (χ3v) is 2.99. The van der Waals surface area contributed by atoms with Crippen LogP contribution in [0.3, 0.4) is 0 Å². The van der Waals surface area contributed by atoms with Crippen LogP contribution in [0.5, 0.6) is 0 Å². The molecule has 0 aromatic carbocycles. The number of methoxy groups -OCH3 is 1. The molecule has 0 atom stereocenters. The lowest BCUT2D eigenvalue weighted by atomic mass is 9.98. The molecule has 7 nitrogen and oxygen atoms in total. The summed E-state index contributed by atoms with van der Waals surface area (Å²) in [5.41, 5.74) is 0.288. The van der Waals surface area contributed by atoms with Crippen LogP contribution in [0, 0.1) is 12.8 Å². The molecule has 1 fully saturated rings. The van der Waals surface area contributed by atoms with Gasteiger partial charge in [-0.1, -0.05) is 5.16 Å². The Kier molecular flexibility index (Phi) is 4.16. The van der Waals surface area contributed by atoms with Crippen LogP contribution in [-0.2, 0) is 9.53 Å². The van der Waals surface area contributed by atoms with Gasteiger partial charge in [-0.15, -0.1) is 0 Å². The number of nitrogens with zero attached hydrogens (tertiary/aromatic N) is 2. The lowest BCUT2D eigenvalue weighted by Crippen LogP contribution is -2.56. The zero-order valence-electron chi connectivity index (χ0n) is 11.0. The molecule has 0 saturated carbocycles. The maximum Gasteiger partial charge on any atom is 0.276 e. The molecule has 0 radical (unpaired) electrons. The first-order valence-electron chi connectivity index (χ1n) is 6.11. The van der Waals surface area contributed by atoms with E-state index in [-0.39, 0.29) is 23.4 Å². The van der Waals surface area contributed by atoms with Crippen LogP contribution in [0.1, 0.15) is 16.2 Å². The van der Waals surface area contributed by atoms with Crippen molar-refractivity contribution in [3.8, 4) is 0 Å². The lowest BCUT2D eigenvalue weighted by Gasteiger charge is -2.37. The molecule has 0 bridgehead atoms. The zero-order chi connectivity index (χ0) is 13.8. The van der Waals surface area contributed by atoms with E-state index in [4.69, 9.17) is 9.26 Å². The predicted octanol–water partition coefficient (Wildman–Crippen LogP) is -0.182. The van der Waals surface area contributed by atoms with Gasteiger partial charge in [0.1, 0.15) is 5.76 Å². The lowest BCUT2D eigenvalue weighted by molar-refractivity contribution is -0.129. The number of nitrogens with one attached hydrogen (secondary N) is 1. The summed E-state index contributed by atoms with van der Waals surface area (Å²) in [5, 5.41) is 6.42. The first kappa shape index (κ1) is 13.5. The van der Waals surface area contributed by atoms with Gasteiger partial charge in [-0.2, -0.15) is 0 Å². The second-order valence-electron chi connectivity index (χ2n) is 4.51. The van der Waals surface area contributed by atoms with Crippen LogP contribution >= 0.6 is 0 Å². The summed E-state index contributed by atoms with van der Waals surface area (Å²) in [4.78, 5) is 25.2. The van der Waals surface area contributed by atoms with Crippen LogP contribution in [0.25, 0.3) is 0 Å². The van der Waals surface area contributed by atoms with Gasteiger partial charge in [-0.25, -0.2) is 0 Å². The highest BCUT2D eigenvalue weighted by Gasteiger charge is 2.36. The summed E-state index contributed by atoms with van der Waals surface area (Å²) in [6.45, 7) is 3.54. The van der Waals surface area contributed by atoms with E-state index in [2.05, 4.69) is 10.5 Å². The van der Waals surface area contributed by atoms with Crippen LogP contribution in [0.2, 0.25) is 0 Å². The summed E-state index contributed by atoms with van der Waals surface area (Å²) in [7, 11) is 1.58. The number of hydrogen-bond acceptors (Lipinski definition) is 5. The first-order chi connectivity index (χ1) is 9.11. The number of rotatable bonds is 5. The number of hydrogen-bond donors (Lipinski definition) is 1. The Bertz CT molecular complexity index is 465. The molecule has 104 valence electrons. The van der Waals surface area contributed by atoms with Gasteiger partial charge in [0.15, 0.2) is 5.69 Å². The van der Waals surface area contributed by atoms with Crippen molar-refractivity contribution in [3.63, 3.8) is 0 Å². The topological polar surface area (TPSA) is 84.7 Å². The van der Waals surface area contributed by atoms with Gasteiger partial charge in [-0.3, -0.25) is 9.59 Å². The van der Waals surface area contributed by atoms with Crippen molar-refractivity contribution in [1.82, 2.24) is 15.4 Å². The molecule has 2 amide bonds. The van der Waals surface area contributed by atoms with E-state index in [1.165, 1.54) is 0 Å². The molecule has 19 heavy (non-hydrogen) atoms. The highest BCUT2D eigenvalue weighted by Crippen LogP contribution is 2.18. The van der Waals surface area contributed by atoms with E-state index in [1.807, 2.05) is 0 Å². The Labute approximate surface area is 110 Å². The summed E-state index contributed by atoms with van der Waals surface area (Å²) in [6, 6.07) is 1.59. The summed E-state index contributed by atoms with van der Waals surface area (Å²) >= 11 is 0. The highest BCUT2D eigenvalue weighted by molar-refractivity contribution is 5.94. The predicted molar refractivity (Wildman–Crippen MR) is 65.5 cm³/mol. The van der Waals surface area contributed by atoms with E-state index in [1.54, 1.807) is 25.0 Å². The van der Waals surface area contributed by atoms with Crippen LogP contribution in [-0.4, -0.2) is 55.2 Å². The minimum absolute atomic E-state index is 0.0440. The summed E-state index contributed by atoms with van der Waals surface area (Å²) in [5.74, 6) is 0.210. The van der Waals surface area contributed by atoms with Gasteiger partial charge >= 0.3 is 0 Å². The van der Waals surface area contributed by atoms with Gasteiger partial charge in [0, 0.05) is 32.8 Å². The number of carbonyl (C=O) groups excluding carboxylic acids is 2. The first-order valence-corrected chi connectivity index (χ1v) is 6.11. The fourth-order valence-corrected chi connectivity index (χ4v) is 1.86. The van der Waals surface area contributed by atoms with Crippen molar-refractivity contribution in [2.75, 3.05) is 33.4 Å². The third kappa shape index (κ3) is 3.11.